The summed E-state index contributed by atoms with van der Waals surface area (Å²) in [6.45, 7) is 4.15. The van der Waals surface area contributed by atoms with E-state index in [9.17, 15) is 19.4 Å². The van der Waals surface area contributed by atoms with Crippen molar-refractivity contribution in [2.75, 3.05) is 19.8 Å². The van der Waals surface area contributed by atoms with Gasteiger partial charge in [-0.3, -0.25) is 13.8 Å². The minimum absolute atomic E-state index is 0.0886. The van der Waals surface area contributed by atoms with Crippen molar-refractivity contribution in [3.05, 3.63) is 12.2 Å². The van der Waals surface area contributed by atoms with Crippen LogP contribution in [-0.4, -0.2) is 47.8 Å². The average molecular weight is 619 g/mol. The summed E-state index contributed by atoms with van der Waals surface area (Å²) in [5.74, 6) is -0.174. The van der Waals surface area contributed by atoms with Gasteiger partial charge in [0.1, 0.15) is 0 Å². The second-order valence-corrected chi connectivity index (χ2v) is 13.2. The fourth-order valence-corrected chi connectivity index (χ4v) is 5.71. The molecule has 9 heteroatoms. The molecule has 0 spiro atoms. The van der Waals surface area contributed by atoms with E-state index in [1.165, 1.54) is 83.5 Å². The predicted molar refractivity (Wildman–Crippen MR) is 175 cm³/mol. The van der Waals surface area contributed by atoms with Crippen molar-refractivity contribution in [1.29, 1.82) is 0 Å². The normalized spacial score (nSPS) is 14.7. The smallest absolute Gasteiger partial charge is 0.391 e. The number of amides is 1. The quantitative estimate of drug-likeness (QED) is 0.0338. The fourth-order valence-electron chi connectivity index (χ4n) is 4.95. The van der Waals surface area contributed by atoms with Gasteiger partial charge in [-0.05, 0) is 38.5 Å². The number of phosphoric ester groups is 1. The molecule has 5 N–H and O–H groups in total. The maximum atomic E-state index is 12.6. The third kappa shape index (κ3) is 28.0. The first kappa shape index (κ1) is 41.2. The van der Waals surface area contributed by atoms with Gasteiger partial charge in [-0.1, -0.05) is 129 Å². The van der Waals surface area contributed by atoms with Gasteiger partial charge < -0.3 is 21.1 Å². The molecule has 8 nitrogen and oxygen atoms in total. The van der Waals surface area contributed by atoms with Crippen LogP contribution in [0.3, 0.4) is 0 Å². The van der Waals surface area contributed by atoms with Gasteiger partial charge in [0, 0.05) is 13.0 Å². The molecule has 0 aromatic carbocycles. The van der Waals surface area contributed by atoms with Crippen LogP contribution in [0.2, 0.25) is 0 Å². The van der Waals surface area contributed by atoms with Crippen LogP contribution < -0.4 is 11.1 Å². The number of hydrogen-bond donors (Lipinski definition) is 4. The summed E-state index contributed by atoms with van der Waals surface area (Å²) in [7, 11) is -4.30. The summed E-state index contributed by atoms with van der Waals surface area (Å²) in [5, 5.41) is 13.6. The Hall–Kier alpha value is -0.760. The molecule has 0 saturated heterocycles. The SMILES string of the molecule is CCCCCC/C=C\CCCCCCCC(=O)NC(COP(=O)(O)OCCN)C(O)CCCCCCCCCCCC. The van der Waals surface area contributed by atoms with E-state index in [0.717, 1.165) is 51.4 Å². The lowest BCUT2D eigenvalue weighted by Crippen LogP contribution is -2.46. The molecule has 0 bridgehead atoms. The minimum Gasteiger partial charge on any atom is -0.391 e. The van der Waals surface area contributed by atoms with Crippen molar-refractivity contribution in [3.8, 4) is 0 Å². The molecule has 0 aliphatic carbocycles. The summed E-state index contributed by atoms with van der Waals surface area (Å²) in [4.78, 5) is 22.5. The highest BCUT2D eigenvalue weighted by Gasteiger charge is 2.27. The Morgan fingerprint density at radius 2 is 1.24 bits per heavy atom. The second-order valence-electron chi connectivity index (χ2n) is 11.7. The molecule has 42 heavy (non-hydrogen) atoms. The van der Waals surface area contributed by atoms with Gasteiger partial charge in [-0.15, -0.1) is 0 Å². The molecule has 0 aliphatic heterocycles. The van der Waals surface area contributed by atoms with Gasteiger partial charge >= 0.3 is 7.82 Å². The van der Waals surface area contributed by atoms with E-state index in [1.54, 1.807) is 0 Å². The molecule has 3 unspecified atom stereocenters. The highest BCUT2D eigenvalue weighted by molar-refractivity contribution is 7.47. The number of hydrogen-bond acceptors (Lipinski definition) is 6. The number of phosphoric acid groups is 1. The number of aliphatic hydroxyl groups excluding tert-OH is 1. The van der Waals surface area contributed by atoms with Gasteiger partial charge in [0.25, 0.3) is 0 Å². The molecule has 1 amide bonds. The van der Waals surface area contributed by atoms with Crippen LogP contribution >= 0.6 is 7.82 Å². The Balaban J connectivity index is 4.31. The van der Waals surface area contributed by atoms with Crippen LogP contribution in [0.1, 0.15) is 162 Å². The number of unbranched alkanes of at least 4 members (excludes halogenated alkanes) is 18. The van der Waals surface area contributed by atoms with E-state index >= 15 is 0 Å². The molecule has 0 saturated carbocycles. The largest absolute Gasteiger partial charge is 0.472 e. The number of carbonyl (C=O) groups excluding carboxylic acids is 1. The first-order valence-electron chi connectivity index (χ1n) is 17.3. The molecule has 0 rings (SSSR count). The number of rotatable bonds is 32. The number of carbonyl (C=O) groups is 1. The first-order valence-corrected chi connectivity index (χ1v) is 18.8. The number of nitrogens with one attached hydrogen (secondary N) is 1. The maximum absolute atomic E-state index is 12.6. The molecule has 0 aliphatic rings. The molecule has 0 radical (unpaired) electrons. The van der Waals surface area contributed by atoms with E-state index in [2.05, 4.69) is 31.3 Å². The van der Waals surface area contributed by atoms with Crippen molar-refractivity contribution in [1.82, 2.24) is 5.32 Å². The van der Waals surface area contributed by atoms with E-state index in [-0.39, 0.29) is 25.7 Å². The van der Waals surface area contributed by atoms with Crippen LogP contribution in [0, 0.1) is 0 Å². The van der Waals surface area contributed by atoms with Gasteiger partial charge in [-0.25, -0.2) is 4.57 Å². The third-order valence-corrected chi connectivity index (χ3v) is 8.60. The second kappa shape index (κ2) is 30.3. The summed E-state index contributed by atoms with van der Waals surface area (Å²) in [6, 6.07) is -0.772. The van der Waals surface area contributed by atoms with Crippen molar-refractivity contribution in [2.24, 2.45) is 5.73 Å². The Morgan fingerprint density at radius 3 is 1.79 bits per heavy atom. The van der Waals surface area contributed by atoms with E-state index in [0.29, 0.717) is 12.8 Å². The van der Waals surface area contributed by atoms with Crippen molar-refractivity contribution < 1.29 is 28.4 Å². The molecular weight excluding hydrogens is 551 g/mol. The van der Waals surface area contributed by atoms with Crippen LogP contribution in [0.5, 0.6) is 0 Å². The summed E-state index contributed by atoms with van der Waals surface area (Å²) < 4.78 is 22.0. The van der Waals surface area contributed by atoms with Crippen LogP contribution in [-0.2, 0) is 18.4 Å². The van der Waals surface area contributed by atoms with Crippen LogP contribution in [0.15, 0.2) is 12.2 Å². The minimum atomic E-state index is -4.30. The highest BCUT2D eigenvalue weighted by Crippen LogP contribution is 2.43. The molecule has 0 fully saturated rings. The predicted octanol–water partition coefficient (Wildman–Crippen LogP) is 8.49. The zero-order valence-electron chi connectivity index (χ0n) is 27.2. The summed E-state index contributed by atoms with van der Waals surface area (Å²) in [5.41, 5.74) is 5.34. The standard InChI is InChI=1S/C33H67N2O6P/c1-3-5-7-9-11-13-15-16-17-19-21-23-25-27-33(37)35-31(30-41-42(38,39)40-29-28-34)32(36)26-24-22-20-18-14-12-10-8-6-4-2/h13,15,31-32,36H,3-12,14,16-30,34H2,1-2H3,(H,35,37)(H,38,39)/b15-13-. The number of aliphatic hydroxyl groups is 1. The Morgan fingerprint density at radius 1 is 0.762 bits per heavy atom. The van der Waals surface area contributed by atoms with Gasteiger partial charge in [0.05, 0.1) is 25.4 Å². The highest BCUT2D eigenvalue weighted by atomic mass is 31.2. The Kier molecular flexibility index (Phi) is 29.7. The molecule has 0 aromatic heterocycles. The molecular formula is C33H67N2O6P. The zero-order valence-corrected chi connectivity index (χ0v) is 28.1. The topological polar surface area (TPSA) is 131 Å². The lowest BCUT2D eigenvalue weighted by Gasteiger charge is -2.25. The van der Waals surface area contributed by atoms with Crippen LogP contribution in [0.4, 0.5) is 0 Å². The number of allylic oxidation sites excluding steroid dienone is 2. The fraction of sp³-hybridized carbons (Fsp3) is 0.909. The lowest BCUT2D eigenvalue weighted by molar-refractivity contribution is -0.123. The summed E-state index contributed by atoms with van der Waals surface area (Å²) >= 11 is 0. The summed E-state index contributed by atoms with van der Waals surface area (Å²) in [6.07, 6.45) is 29.3. The van der Waals surface area contributed by atoms with Gasteiger partial charge in [0.15, 0.2) is 0 Å². The van der Waals surface area contributed by atoms with Gasteiger partial charge in [0.2, 0.25) is 5.91 Å². The molecule has 0 heterocycles. The zero-order chi connectivity index (χ0) is 31.2. The third-order valence-electron chi connectivity index (χ3n) is 7.62. The number of nitrogens with two attached hydrogens (primary N) is 1. The van der Waals surface area contributed by atoms with Crippen LogP contribution in [0.25, 0.3) is 0 Å². The Labute approximate surface area is 258 Å². The van der Waals surface area contributed by atoms with E-state index in [1.807, 2.05) is 0 Å². The Bertz CT molecular complexity index is 679. The first-order chi connectivity index (χ1) is 20.4. The van der Waals surface area contributed by atoms with Crippen molar-refractivity contribution in [2.45, 2.75) is 174 Å². The molecule has 250 valence electrons. The van der Waals surface area contributed by atoms with Crippen molar-refractivity contribution >= 4 is 13.7 Å². The lowest BCUT2D eigenvalue weighted by atomic mass is 10.0. The molecule has 0 aromatic rings. The van der Waals surface area contributed by atoms with Gasteiger partial charge in [-0.2, -0.15) is 0 Å². The van der Waals surface area contributed by atoms with E-state index < -0.39 is 20.0 Å². The maximum Gasteiger partial charge on any atom is 0.472 e. The molecule has 3 atom stereocenters. The average Bonchev–Trinajstić information content (AvgIpc) is 2.97. The monoisotopic (exact) mass is 618 g/mol. The van der Waals surface area contributed by atoms with E-state index in [4.69, 9.17) is 14.8 Å². The van der Waals surface area contributed by atoms with Crippen molar-refractivity contribution in [3.63, 3.8) is 0 Å².